The van der Waals surface area contributed by atoms with Crippen molar-refractivity contribution in [3.63, 3.8) is 0 Å². The van der Waals surface area contributed by atoms with Crippen LogP contribution in [0.25, 0.3) is 0 Å². The second-order valence-electron chi connectivity index (χ2n) is 4.06. The van der Waals surface area contributed by atoms with Gasteiger partial charge in [0.05, 0.1) is 0 Å². The summed E-state index contributed by atoms with van der Waals surface area (Å²) in [5.74, 6) is 0. The summed E-state index contributed by atoms with van der Waals surface area (Å²) in [6, 6.07) is 0. The van der Waals surface area contributed by atoms with Gasteiger partial charge < -0.3 is 0 Å². The van der Waals surface area contributed by atoms with Crippen LogP contribution in [0.3, 0.4) is 0 Å². The Morgan fingerprint density at radius 2 is 1.15 bits per heavy atom. The average molecular weight is 248 g/mol. The molecule has 0 spiro atoms. The van der Waals surface area contributed by atoms with Crippen molar-refractivity contribution >= 4 is 15.8 Å². The van der Waals surface area contributed by atoms with E-state index in [0.717, 1.165) is 0 Å². The normalized spacial score (nSPS) is 11.5. The summed E-state index contributed by atoms with van der Waals surface area (Å²) in [4.78, 5) is 4.57. The van der Waals surface area contributed by atoms with E-state index in [1.807, 2.05) is 0 Å². The Balaban J connectivity index is 2.92. The van der Waals surface area contributed by atoms with Gasteiger partial charge in [-0.2, -0.15) is 0 Å². The Morgan fingerprint density at radius 1 is 0.769 bits per heavy atom. The molecule has 13 heavy (non-hydrogen) atoms. The van der Waals surface area contributed by atoms with Gasteiger partial charge in [0.2, 0.25) is 0 Å². The molecule has 80 valence electrons. The van der Waals surface area contributed by atoms with Crippen molar-refractivity contribution in [2.75, 3.05) is 41.3 Å². The second-order valence-corrected chi connectivity index (χ2v) is 7.21. The van der Waals surface area contributed by atoms with Crippen LogP contribution in [0.2, 0.25) is 10.4 Å². The van der Waals surface area contributed by atoms with Crippen LogP contribution in [-0.4, -0.2) is 66.8 Å². The molecule has 2 nitrogen and oxygen atoms in total. The minimum absolute atomic E-state index is 0.385. The molecule has 0 rings (SSSR count). The Morgan fingerprint density at radius 3 is 1.46 bits per heavy atom. The standard InChI is InChI=1S/C10H25AsN2/c1-12(2)9-5-7-11-8-6-10-13(3)4/h11H,5-10H2,1-4H3. The van der Waals surface area contributed by atoms with E-state index in [4.69, 9.17) is 0 Å². The molecule has 0 aromatic heterocycles. The Bertz CT molecular complexity index is 93.1. The number of hydrogen-bond donors (Lipinski definition) is 0. The Kier molecular flexibility index (Phi) is 9.38. The summed E-state index contributed by atoms with van der Waals surface area (Å²) in [6.07, 6.45) is 2.82. The summed E-state index contributed by atoms with van der Waals surface area (Å²) >= 11 is 0.385. The minimum atomic E-state index is 0.385. The zero-order valence-corrected chi connectivity index (χ0v) is 11.7. The van der Waals surface area contributed by atoms with Crippen LogP contribution < -0.4 is 0 Å². The fourth-order valence-electron chi connectivity index (χ4n) is 1.17. The van der Waals surface area contributed by atoms with E-state index in [1.54, 1.807) is 0 Å². The molecule has 0 bridgehead atoms. The van der Waals surface area contributed by atoms with E-state index < -0.39 is 0 Å². The number of hydrogen-bond acceptors (Lipinski definition) is 2. The molecule has 0 aromatic carbocycles. The first-order chi connectivity index (χ1) is 6.13. The molecule has 0 aliphatic rings. The fourth-order valence-corrected chi connectivity index (χ4v) is 3.40. The van der Waals surface area contributed by atoms with Crippen molar-refractivity contribution in [3.8, 4) is 0 Å². The molecule has 0 saturated heterocycles. The van der Waals surface area contributed by atoms with E-state index in [9.17, 15) is 0 Å². The predicted octanol–water partition coefficient (Wildman–Crippen LogP) is 1.16. The number of nitrogens with zero attached hydrogens (tertiary/aromatic N) is 2. The van der Waals surface area contributed by atoms with Gasteiger partial charge in [0.15, 0.2) is 0 Å². The first-order valence-corrected chi connectivity index (χ1v) is 8.10. The molecular weight excluding hydrogens is 223 g/mol. The van der Waals surface area contributed by atoms with Gasteiger partial charge in [-0.3, -0.25) is 0 Å². The topological polar surface area (TPSA) is 6.48 Å². The van der Waals surface area contributed by atoms with Gasteiger partial charge in [-0.1, -0.05) is 0 Å². The summed E-state index contributed by atoms with van der Waals surface area (Å²) in [6.45, 7) is 2.55. The molecule has 3 heteroatoms. The molecular formula is C10H25AsN2. The average Bonchev–Trinajstić information content (AvgIpc) is 2.01. The third kappa shape index (κ3) is 12.5. The molecule has 0 unspecified atom stereocenters. The van der Waals surface area contributed by atoms with Crippen LogP contribution >= 0.6 is 0 Å². The van der Waals surface area contributed by atoms with E-state index in [0.29, 0.717) is 15.8 Å². The van der Waals surface area contributed by atoms with Gasteiger partial charge in [-0.25, -0.2) is 0 Å². The first kappa shape index (κ1) is 13.5. The molecule has 0 aliphatic carbocycles. The molecule has 0 radical (unpaired) electrons. The quantitative estimate of drug-likeness (QED) is 0.470. The van der Waals surface area contributed by atoms with E-state index in [1.165, 1.54) is 36.3 Å². The van der Waals surface area contributed by atoms with Gasteiger partial charge in [-0.05, 0) is 0 Å². The summed E-state index contributed by atoms with van der Waals surface area (Å²) in [5, 5.41) is 3.04. The Hall–Kier alpha value is 0.478. The maximum atomic E-state index is 2.28. The number of rotatable bonds is 8. The zero-order valence-electron chi connectivity index (χ0n) is 9.64. The molecule has 0 fully saturated rings. The van der Waals surface area contributed by atoms with Crippen molar-refractivity contribution in [1.82, 2.24) is 9.80 Å². The molecule has 0 heterocycles. The summed E-state index contributed by atoms with van der Waals surface area (Å²) in [5.41, 5.74) is 0. The van der Waals surface area contributed by atoms with Crippen molar-refractivity contribution < 1.29 is 0 Å². The molecule has 0 aromatic rings. The van der Waals surface area contributed by atoms with Crippen molar-refractivity contribution in [2.45, 2.75) is 23.3 Å². The fraction of sp³-hybridized carbons (Fsp3) is 1.00. The predicted molar refractivity (Wildman–Crippen MR) is 63.1 cm³/mol. The van der Waals surface area contributed by atoms with Gasteiger partial charge in [0, 0.05) is 0 Å². The third-order valence-electron chi connectivity index (χ3n) is 1.92. The van der Waals surface area contributed by atoms with Crippen molar-refractivity contribution in [2.24, 2.45) is 0 Å². The van der Waals surface area contributed by atoms with E-state index >= 15 is 0 Å². The monoisotopic (exact) mass is 248 g/mol. The molecule has 0 N–H and O–H groups in total. The Labute approximate surface area is 90.4 Å². The van der Waals surface area contributed by atoms with Crippen LogP contribution in [0.15, 0.2) is 0 Å². The summed E-state index contributed by atoms with van der Waals surface area (Å²) < 4.78 is 0. The van der Waals surface area contributed by atoms with Crippen LogP contribution in [0.1, 0.15) is 12.8 Å². The van der Waals surface area contributed by atoms with E-state index in [-0.39, 0.29) is 0 Å². The van der Waals surface area contributed by atoms with Crippen molar-refractivity contribution in [3.05, 3.63) is 0 Å². The van der Waals surface area contributed by atoms with Crippen LogP contribution in [0.4, 0.5) is 0 Å². The molecule has 0 aliphatic heterocycles. The second kappa shape index (κ2) is 9.05. The molecule has 0 saturated carbocycles. The van der Waals surface area contributed by atoms with Gasteiger partial charge >= 0.3 is 90.1 Å². The zero-order chi connectivity index (χ0) is 10.1. The van der Waals surface area contributed by atoms with Crippen LogP contribution in [-0.2, 0) is 0 Å². The maximum absolute atomic E-state index is 2.28. The first-order valence-electron chi connectivity index (χ1n) is 5.13. The van der Waals surface area contributed by atoms with E-state index in [2.05, 4.69) is 38.0 Å². The molecule has 0 amide bonds. The van der Waals surface area contributed by atoms with Crippen molar-refractivity contribution in [1.29, 1.82) is 0 Å². The van der Waals surface area contributed by atoms with Gasteiger partial charge in [0.1, 0.15) is 0 Å². The summed E-state index contributed by atoms with van der Waals surface area (Å²) in [7, 11) is 8.64. The molecule has 0 atom stereocenters. The van der Waals surface area contributed by atoms with Crippen LogP contribution in [0.5, 0.6) is 0 Å². The van der Waals surface area contributed by atoms with Crippen LogP contribution in [0, 0.1) is 0 Å². The SMILES string of the molecule is CN(C)CCC[AsH]CCCN(C)C. The van der Waals surface area contributed by atoms with Gasteiger partial charge in [-0.15, -0.1) is 0 Å². The van der Waals surface area contributed by atoms with Gasteiger partial charge in [0.25, 0.3) is 0 Å². The third-order valence-corrected chi connectivity index (χ3v) is 4.88.